The fourth-order valence-corrected chi connectivity index (χ4v) is 1.87. The first-order valence-corrected chi connectivity index (χ1v) is 6.66. The Morgan fingerprint density at radius 2 is 2.00 bits per heavy atom. The summed E-state index contributed by atoms with van der Waals surface area (Å²) in [6, 6.07) is 10.1. The Bertz CT molecular complexity index is 495. The number of nitrogens with zero attached hydrogens (tertiary/aromatic N) is 3. The number of hydrogen-bond donors (Lipinski definition) is 2. The van der Waals surface area contributed by atoms with Gasteiger partial charge in [0.05, 0.1) is 6.54 Å². The van der Waals surface area contributed by atoms with Crippen LogP contribution in [0, 0.1) is 0 Å². The van der Waals surface area contributed by atoms with E-state index in [0.29, 0.717) is 6.54 Å². The summed E-state index contributed by atoms with van der Waals surface area (Å²) in [5, 5.41) is 21.0. The molecule has 0 aliphatic carbocycles. The molecular weight excluding hydrogens is 240 g/mol. The lowest BCUT2D eigenvalue weighted by atomic mass is 10.1. The van der Waals surface area contributed by atoms with E-state index < -0.39 is 0 Å². The zero-order chi connectivity index (χ0) is 13.5. The van der Waals surface area contributed by atoms with E-state index in [4.69, 9.17) is 5.11 Å². The van der Waals surface area contributed by atoms with Crippen molar-refractivity contribution < 1.29 is 5.11 Å². The van der Waals surface area contributed by atoms with Gasteiger partial charge in [0.2, 0.25) is 0 Å². The molecular formula is C14H20N4O. The van der Waals surface area contributed by atoms with Gasteiger partial charge in [-0.1, -0.05) is 30.3 Å². The van der Waals surface area contributed by atoms with Gasteiger partial charge in [0.15, 0.2) is 0 Å². The van der Waals surface area contributed by atoms with Crippen LogP contribution in [0.2, 0.25) is 0 Å². The maximum absolute atomic E-state index is 8.77. The molecule has 0 saturated carbocycles. The summed E-state index contributed by atoms with van der Waals surface area (Å²) in [5.74, 6) is 0. The van der Waals surface area contributed by atoms with Crippen LogP contribution in [0.25, 0.3) is 11.3 Å². The lowest BCUT2D eigenvalue weighted by molar-refractivity contribution is 0.286. The van der Waals surface area contributed by atoms with E-state index in [2.05, 4.69) is 15.5 Å². The number of aryl methyl sites for hydroxylation is 1. The molecule has 5 nitrogen and oxygen atoms in total. The maximum Gasteiger partial charge on any atom is 0.117 e. The molecule has 2 rings (SSSR count). The van der Waals surface area contributed by atoms with Crippen molar-refractivity contribution in [2.24, 2.45) is 0 Å². The molecule has 0 bridgehead atoms. The number of aliphatic hydroxyl groups excluding tert-OH is 1. The Labute approximate surface area is 113 Å². The third-order valence-corrected chi connectivity index (χ3v) is 2.86. The van der Waals surface area contributed by atoms with Gasteiger partial charge in [-0.3, -0.25) is 0 Å². The van der Waals surface area contributed by atoms with Crippen LogP contribution in [0.4, 0.5) is 0 Å². The monoisotopic (exact) mass is 260 g/mol. The average Bonchev–Trinajstić information content (AvgIpc) is 2.88. The van der Waals surface area contributed by atoms with Crippen LogP contribution < -0.4 is 5.32 Å². The molecule has 0 fully saturated rings. The van der Waals surface area contributed by atoms with E-state index in [1.165, 1.54) is 0 Å². The smallest absolute Gasteiger partial charge is 0.117 e. The van der Waals surface area contributed by atoms with Crippen molar-refractivity contribution in [1.82, 2.24) is 20.3 Å². The van der Waals surface area contributed by atoms with Gasteiger partial charge in [-0.05, 0) is 19.9 Å². The van der Waals surface area contributed by atoms with Crippen molar-refractivity contribution in [2.75, 3.05) is 13.2 Å². The summed E-state index contributed by atoms with van der Waals surface area (Å²) in [6.45, 7) is 4.45. The normalized spacial score (nSPS) is 10.8. The van der Waals surface area contributed by atoms with E-state index in [-0.39, 0.29) is 6.61 Å². The fourth-order valence-electron chi connectivity index (χ4n) is 1.87. The Kier molecular flexibility index (Phi) is 5.06. The van der Waals surface area contributed by atoms with E-state index >= 15 is 0 Å². The predicted molar refractivity (Wildman–Crippen MR) is 74.5 cm³/mol. The van der Waals surface area contributed by atoms with Crippen LogP contribution in [-0.4, -0.2) is 33.3 Å². The molecule has 0 amide bonds. The highest BCUT2D eigenvalue weighted by atomic mass is 16.3. The van der Waals surface area contributed by atoms with E-state index in [1.54, 1.807) is 4.80 Å². The zero-order valence-electron chi connectivity index (χ0n) is 11.2. The minimum atomic E-state index is 0.209. The number of aromatic nitrogens is 3. The average molecular weight is 260 g/mol. The van der Waals surface area contributed by atoms with Crippen LogP contribution in [0.3, 0.4) is 0 Å². The minimum absolute atomic E-state index is 0.209. The first kappa shape index (κ1) is 13.7. The molecule has 0 aliphatic rings. The molecule has 0 aliphatic heterocycles. The van der Waals surface area contributed by atoms with Crippen molar-refractivity contribution in [2.45, 2.75) is 26.4 Å². The van der Waals surface area contributed by atoms with Crippen LogP contribution in [0.1, 0.15) is 19.0 Å². The quantitative estimate of drug-likeness (QED) is 0.739. The molecule has 1 heterocycles. The van der Waals surface area contributed by atoms with E-state index in [0.717, 1.165) is 36.5 Å². The molecule has 0 saturated heterocycles. The second kappa shape index (κ2) is 7.01. The van der Waals surface area contributed by atoms with Gasteiger partial charge in [0.1, 0.15) is 11.4 Å². The lowest BCUT2D eigenvalue weighted by Crippen LogP contribution is -2.16. The standard InChI is InChI=1S/C14H20N4O/c1-2-18-16-13(11-15-9-6-10-19)14(17-18)12-7-4-3-5-8-12/h3-5,7-8,15,19H,2,6,9-11H2,1H3. The predicted octanol–water partition coefficient (Wildman–Crippen LogP) is 1.44. The van der Waals surface area contributed by atoms with Crippen molar-refractivity contribution >= 4 is 0 Å². The summed E-state index contributed by atoms with van der Waals surface area (Å²) in [6.07, 6.45) is 0.753. The molecule has 102 valence electrons. The number of nitrogens with one attached hydrogen (secondary N) is 1. The first-order chi connectivity index (χ1) is 9.35. The zero-order valence-corrected chi connectivity index (χ0v) is 11.2. The van der Waals surface area contributed by atoms with Gasteiger partial charge < -0.3 is 10.4 Å². The minimum Gasteiger partial charge on any atom is -0.396 e. The Hall–Kier alpha value is -1.72. The number of aliphatic hydroxyl groups is 1. The van der Waals surface area contributed by atoms with Crippen molar-refractivity contribution in [3.8, 4) is 11.3 Å². The number of benzene rings is 1. The third-order valence-electron chi connectivity index (χ3n) is 2.86. The molecule has 19 heavy (non-hydrogen) atoms. The first-order valence-electron chi connectivity index (χ1n) is 6.66. The molecule has 0 atom stereocenters. The Morgan fingerprint density at radius 3 is 2.68 bits per heavy atom. The molecule has 1 aromatic carbocycles. The highest BCUT2D eigenvalue weighted by molar-refractivity contribution is 5.60. The summed E-state index contributed by atoms with van der Waals surface area (Å²) in [5.41, 5.74) is 2.96. The van der Waals surface area contributed by atoms with Crippen molar-refractivity contribution in [3.63, 3.8) is 0 Å². The molecule has 5 heteroatoms. The summed E-state index contributed by atoms with van der Waals surface area (Å²) < 4.78 is 0. The van der Waals surface area contributed by atoms with Crippen LogP contribution in [-0.2, 0) is 13.1 Å². The second-order valence-electron chi connectivity index (χ2n) is 4.30. The third kappa shape index (κ3) is 3.62. The molecule has 2 aromatic rings. The molecule has 0 unspecified atom stereocenters. The maximum atomic E-state index is 8.77. The highest BCUT2D eigenvalue weighted by Gasteiger charge is 2.11. The van der Waals surface area contributed by atoms with E-state index in [9.17, 15) is 0 Å². The van der Waals surface area contributed by atoms with Crippen LogP contribution >= 0.6 is 0 Å². The van der Waals surface area contributed by atoms with Gasteiger partial charge in [-0.15, -0.1) is 0 Å². The summed E-state index contributed by atoms with van der Waals surface area (Å²) in [7, 11) is 0. The molecule has 0 spiro atoms. The molecule has 2 N–H and O–H groups in total. The summed E-state index contributed by atoms with van der Waals surface area (Å²) >= 11 is 0. The van der Waals surface area contributed by atoms with Crippen molar-refractivity contribution in [3.05, 3.63) is 36.0 Å². The van der Waals surface area contributed by atoms with Crippen LogP contribution in [0.15, 0.2) is 30.3 Å². The molecule has 1 aromatic heterocycles. The highest BCUT2D eigenvalue weighted by Crippen LogP contribution is 2.19. The Morgan fingerprint density at radius 1 is 1.21 bits per heavy atom. The van der Waals surface area contributed by atoms with E-state index in [1.807, 2.05) is 37.3 Å². The number of hydrogen-bond acceptors (Lipinski definition) is 4. The Balaban J connectivity index is 2.15. The van der Waals surface area contributed by atoms with Gasteiger partial charge in [0, 0.05) is 18.7 Å². The lowest BCUT2D eigenvalue weighted by Gasteiger charge is -2.02. The SMILES string of the molecule is CCn1nc(CNCCCO)c(-c2ccccc2)n1. The van der Waals surface area contributed by atoms with Gasteiger partial charge in [-0.25, -0.2) is 0 Å². The van der Waals surface area contributed by atoms with Crippen molar-refractivity contribution in [1.29, 1.82) is 0 Å². The largest absolute Gasteiger partial charge is 0.396 e. The second-order valence-corrected chi connectivity index (χ2v) is 4.30. The summed E-state index contributed by atoms with van der Waals surface area (Å²) in [4.78, 5) is 1.71. The van der Waals surface area contributed by atoms with Gasteiger partial charge in [-0.2, -0.15) is 15.0 Å². The molecule has 0 radical (unpaired) electrons. The van der Waals surface area contributed by atoms with Gasteiger partial charge in [0.25, 0.3) is 0 Å². The topological polar surface area (TPSA) is 63.0 Å². The number of rotatable bonds is 7. The fraction of sp³-hybridized carbons (Fsp3) is 0.429. The van der Waals surface area contributed by atoms with Crippen LogP contribution in [0.5, 0.6) is 0 Å². The van der Waals surface area contributed by atoms with Gasteiger partial charge >= 0.3 is 0 Å².